The summed E-state index contributed by atoms with van der Waals surface area (Å²) in [6, 6.07) is 31.4. The molecule has 0 fully saturated rings. The molecule has 0 bridgehead atoms. The number of benzene rings is 4. The average molecular weight is 645 g/mol. The van der Waals surface area contributed by atoms with Gasteiger partial charge in [-0.15, -0.1) is 0 Å². The van der Waals surface area contributed by atoms with Gasteiger partial charge in [0.15, 0.2) is 0 Å². The first-order valence-corrected chi connectivity index (χ1v) is 19.4. The molecule has 0 aliphatic heterocycles. The minimum Gasteiger partial charge on any atom is -0.399 e. The van der Waals surface area contributed by atoms with Crippen LogP contribution < -0.4 is 11.5 Å². The highest BCUT2D eigenvalue weighted by Gasteiger charge is 2.09. The molecule has 0 saturated carbocycles. The van der Waals surface area contributed by atoms with Gasteiger partial charge >= 0.3 is 0 Å². The van der Waals surface area contributed by atoms with Crippen LogP contribution in [-0.4, -0.2) is 0 Å². The molecule has 0 amide bonds. The molecule has 4 aromatic rings. The summed E-state index contributed by atoms with van der Waals surface area (Å²) in [5.41, 5.74) is 25.3. The second-order valence-corrected chi connectivity index (χ2v) is 14.3. The molecule has 0 radical (unpaired) electrons. The van der Waals surface area contributed by atoms with Crippen LogP contribution in [0.25, 0.3) is 0 Å². The first-order chi connectivity index (χ1) is 23.5. The molecule has 0 heterocycles. The van der Waals surface area contributed by atoms with E-state index in [9.17, 15) is 0 Å². The van der Waals surface area contributed by atoms with Crippen LogP contribution in [-0.2, 0) is 38.5 Å². The maximum atomic E-state index is 5.94. The van der Waals surface area contributed by atoms with Gasteiger partial charge in [0.05, 0.1) is 0 Å². The molecule has 2 heteroatoms. The van der Waals surface area contributed by atoms with Crippen LogP contribution in [0.4, 0.5) is 11.4 Å². The molecular weight excluding hydrogens is 581 g/mol. The highest BCUT2D eigenvalue weighted by molar-refractivity contribution is 5.43. The monoisotopic (exact) mass is 645 g/mol. The van der Waals surface area contributed by atoms with Crippen molar-refractivity contribution in [1.29, 1.82) is 0 Å². The van der Waals surface area contributed by atoms with E-state index in [0.29, 0.717) is 0 Å². The zero-order valence-corrected chi connectivity index (χ0v) is 30.4. The summed E-state index contributed by atoms with van der Waals surface area (Å²) in [4.78, 5) is 0. The lowest BCUT2D eigenvalue weighted by Crippen LogP contribution is -2.01. The SMILES string of the molecule is CCCCCCCCc1cc(Cc2ccc(N)cc2)ccc1CCCCc1ccc(Cc2ccc(N)cc2)cc1CCCCCCCC. The van der Waals surface area contributed by atoms with Crippen LogP contribution in [0, 0.1) is 0 Å². The molecule has 48 heavy (non-hydrogen) atoms. The van der Waals surface area contributed by atoms with E-state index in [1.165, 1.54) is 138 Å². The molecular formula is C46H64N2. The van der Waals surface area contributed by atoms with Gasteiger partial charge in [-0.05, 0) is 133 Å². The second kappa shape index (κ2) is 21.5. The number of hydrogen-bond acceptors (Lipinski definition) is 2. The van der Waals surface area contributed by atoms with Gasteiger partial charge < -0.3 is 11.5 Å². The molecule has 0 saturated heterocycles. The maximum absolute atomic E-state index is 5.94. The number of aryl methyl sites for hydroxylation is 4. The highest BCUT2D eigenvalue weighted by Crippen LogP contribution is 2.24. The quantitative estimate of drug-likeness (QED) is 0.0623. The molecule has 4 aromatic carbocycles. The lowest BCUT2D eigenvalue weighted by atomic mass is 9.91. The van der Waals surface area contributed by atoms with E-state index >= 15 is 0 Å². The molecule has 4 N–H and O–H groups in total. The van der Waals surface area contributed by atoms with Crippen molar-refractivity contribution in [2.24, 2.45) is 0 Å². The minimum atomic E-state index is 0.835. The van der Waals surface area contributed by atoms with Gasteiger partial charge in [0.25, 0.3) is 0 Å². The normalized spacial score (nSPS) is 11.3. The number of rotatable bonds is 23. The summed E-state index contributed by atoms with van der Waals surface area (Å²) >= 11 is 0. The summed E-state index contributed by atoms with van der Waals surface area (Å²) in [6.07, 6.45) is 25.3. The summed E-state index contributed by atoms with van der Waals surface area (Å²) in [6.45, 7) is 4.60. The lowest BCUT2D eigenvalue weighted by Gasteiger charge is -2.15. The van der Waals surface area contributed by atoms with E-state index in [0.717, 1.165) is 24.2 Å². The molecule has 2 nitrogen and oxygen atoms in total. The Kier molecular flexibility index (Phi) is 16.7. The Morgan fingerprint density at radius 2 is 0.646 bits per heavy atom. The van der Waals surface area contributed by atoms with Gasteiger partial charge in [-0.2, -0.15) is 0 Å². The molecule has 0 spiro atoms. The minimum absolute atomic E-state index is 0.835. The highest BCUT2D eigenvalue weighted by atomic mass is 14.5. The third-order valence-corrected chi connectivity index (χ3v) is 10.1. The topological polar surface area (TPSA) is 52.0 Å². The van der Waals surface area contributed by atoms with Crippen molar-refractivity contribution in [1.82, 2.24) is 0 Å². The van der Waals surface area contributed by atoms with E-state index in [1.807, 2.05) is 24.3 Å². The zero-order chi connectivity index (χ0) is 33.8. The van der Waals surface area contributed by atoms with Crippen LogP contribution in [0.1, 0.15) is 148 Å². The van der Waals surface area contributed by atoms with E-state index in [1.54, 1.807) is 22.3 Å². The van der Waals surface area contributed by atoms with Crippen molar-refractivity contribution >= 4 is 11.4 Å². The van der Waals surface area contributed by atoms with Crippen molar-refractivity contribution < 1.29 is 0 Å². The fraction of sp³-hybridized carbons (Fsp3) is 0.478. The number of nitrogen functional groups attached to an aromatic ring is 2. The number of hydrogen-bond donors (Lipinski definition) is 2. The van der Waals surface area contributed by atoms with Crippen LogP contribution >= 0.6 is 0 Å². The molecule has 258 valence electrons. The molecule has 0 unspecified atom stereocenters. The second-order valence-electron chi connectivity index (χ2n) is 14.3. The summed E-state index contributed by atoms with van der Waals surface area (Å²) in [5, 5.41) is 0. The van der Waals surface area contributed by atoms with Crippen LogP contribution in [0.15, 0.2) is 84.9 Å². The standard InChI is InChI=1S/C46H64N2/c1-3-5-7-9-11-13-19-43-35-39(33-37-23-29-45(47)30-24-37)21-27-41(43)17-15-16-18-42-28-22-40(34-38-25-31-46(48)32-26-38)36-44(42)20-14-12-10-8-6-4-2/h21-32,35-36H,3-20,33-34,47-48H2,1-2H3. The number of unbranched alkanes of at least 4 members (excludes halogenated alkanes) is 11. The third kappa shape index (κ3) is 13.5. The Morgan fingerprint density at radius 1 is 0.333 bits per heavy atom. The lowest BCUT2D eigenvalue weighted by molar-refractivity contribution is 0.604. The average Bonchev–Trinajstić information content (AvgIpc) is 3.09. The number of nitrogens with two attached hydrogens (primary N) is 2. The van der Waals surface area contributed by atoms with E-state index < -0.39 is 0 Å². The van der Waals surface area contributed by atoms with Gasteiger partial charge in [0, 0.05) is 11.4 Å². The predicted molar refractivity (Wildman–Crippen MR) is 211 cm³/mol. The van der Waals surface area contributed by atoms with E-state index in [2.05, 4.69) is 74.5 Å². The Balaban J connectivity index is 1.37. The van der Waals surface area contributed by atoms with Crippen molar-refractivity contribution in [3.8, 4) is 0 Å². The van der Waals surface area contributed by atoms with E-state index in [-0.39, 0.29) is 0 Å². The smallest absolute Gasteiger partial charge is 0.0314 e. The summed E-state index contributed by atoms with van der Waals surface area (Å²) in [7, 11) is 0. The summed E-state index contributed by atoms with van der Waals surface area (Å²) in [5.74, 6) is 0. The van der Waals surface area contributed by atoms with Gasteiger partial charge in [0.2, 0.25) is 0 Å². The van der Waals surface area contributed by atoms with Crippen LogP contribution in [0.3, 0.4) is 0 Å². The van der Waals surface area contributed by atoms with Gasteiger partial charge in [-0.25, -0.2) is 0 Å². The zero-order valence-electron chi connectivity index (χ0n) is 30.4. The van der Waals surface area contributed by atoms with Crippen LogP contribution in [0.5, 0.6) is 0 Å². The first kappa shape index (κ1) is 37.3. The van der Waals surface area contributed by atoms with Gasteiger partial charge in [0.1, 0.15) is 0 Å². The molecule has 0 aliphatic carbocycles. The van der Waals surface area contributed by atoms with Gasteiger partial charge in [-0.1, -0.05) is 139 Å². The molecule has 0 aliphatic rings. The first-order valence-electron chi connectivity index (χ1n) is 19.4. The van der Waals surface area contributed by atoms with Crippen molar-refractivity contribution in [3.63, 3.8) is 0 Å². The summed E-state index contributed by atoms with van der Waals surface area (Å²) < 4.78 is 0. The predicted octanol–water partition coefficient (Wildman–Crippen LogP) is 12.4. The third-order valence-electron chi connectivity index (χ3n) is 10.1. The molecule has 4 rings (SSSR count). The van der Waals surface area contributed by atoms with Crippen molar-refractivity contribution in [3.05, 3.63) is 129 Å². The Labute approximate surface area is 293 Å². The molecule has 0 atom stereocenters. The van der Waals surface area contributed by atoms with E-state index in [4.69, 9.17) is 11.5 Å². The number of anilines is 2. The fourth-order valence-electron chi connectivity index (χ4n) is 7.10. The Morgan fingerprint density at radius 3 is 1.04 bits per heavy atom. The maximum Gasteiger partial charge on any atom is 0.0314 e. The van der Waals surface area contributed by atoms with Gasteiger partial charge in [-0.3, -0.25) is 0 Å². The Bertz CT molecular complexity index is 1340. The van der Waals surface area contributed by atoms with Crippen LogP contribution in [0.2, 0.25) is 0 Å². The van der Waals surface area contributed by atoms with Crippen molar-refractivity contribution in [2.45, 2.75) is 142 Å². The fourth-order valence-corrected chi connectivity index (χ4v) is 7.10. The molecule has 0 aromatic heterocycles. The Hall–Kier alpha value is -3.52. The largest absolute Gasteiger partial charge is 0.399 e. The van der Waals surface area contributed by atoms with Crippen molar-refractivity contribution in [2.75, 3.05) is 11.5 Å².